The summed E-state index contributed by atoms with van der Waals surface area (Å²) in [6.45, 7) is 1.50. The summed E-state index contributed by atoms with van der Waals surface area (Å²) in [4.78, 5) is 31.9. The first kappa shape index (κ1) is 13.4. The number of carboxylic acids is 1. The summed E-state index contributed by atoms with van der Waals surface area (Å²) >= 11 is 0. The van der Waals surface area contributed by atoms with Crippen LogP contribution < -0.4 is 11.1 Å². The molecule has 0 aliphatic heterocycles. The fourth-order valence-electron chi connectivity index (χ4n) is 0.947. The molecule has 0 aromatic rings. The smallest absolute Gasteiger partial charge is 0.303 e. The van der Waals surface area contributed by atoms with Crippen molar-refractivity contribution in [3.05, 3.63) is 0 Å². The van der Waals surface area contributed by atoms with E-state index in [-0.39, 0.29) is 18.7 Å². The van der Waals surface area contributed by atoms with Crippen molar-refractivity contribution < 1.29 is 19.5 Å². The molecule has 6 heteroatoms. The maximum Gasteiger partial charge on any atom is 0.303 e. The van der Waals surface area contributed by atoms with Gasteiger partial charge in [-0.1, -0.05) is 0 Å². The number of unbranched alkanes of at least 4 members (excludes halogenated alkanes) is 1. The Bertz CT molecular complexity index is 252. The molecule has 6 nitrogen and oxygen atoms in total. The number of hydrogen-bond donors (Lipinski definition) is 3. The molecule has 0 spiro atoms. The molecule has 0 aromatic carbocycles. The number of aliphatic carboxylic acids is 1. The molecule has 0 aliphatic carbocycles. The van der Waals surface area contributed by atoms with Crippen LogP contribution in [0.15, 0.2) is 0 Å². The molecule has 0 aromatic heterocycles. The maximum atomic E-state index is 11.1. The van der Waals surface area contributed by atoms with Gasteiger partial charge < -0.3 is 16.2 Å². The zero-order valence-electron chi connectivity index (χ0n) is 8.66. The largest absolute Gasteiger partial charge is 0.481 e. The van der Waals surface area contributed by atoms with Gasteiger partial charge >= 0.3 is 5.97 Å². The van der Waals surface area contributed by atoms with Gasteiger partial charge in [-0.15, -0.1) is 0 Å². The molecule has 15 heavy (non-hydrogen) atoms. The zero-order chi connectivity index (χ0) is 11.8. The van der Waals surface area contributed by atoms with Crippen LogP contribution in [-0.2, 0) is 14.4 Å². The number of amides is 2. The lowest BCUT2D eigenvalue weighted by molar-refractivity contribution is -0.137. The van der Waals surface area contributed by atoms with Gasteiger partial charge in [-0.2, -0.15) is 0 Å². The predicted octanol–water partition coefficient (Wildman–Crippen LogP) is -0.379. The summed E-state index contributed by atoms with van der Waals surface area (Å²) in [7, 11) is 0. The van der Waals surface area contributed by atoms with Crippen molar-refractivity contribution in [2.75, 3.05) is 0 Å². The van der Waals surface area contributed by atoms with Gasteiger partial charge in [0, 0.05) is 12.8 Å². The molecule has 0 fully saturated rings. The Morgan fingerprint density at radius 2 is 1.80 bits per heavy atom. The van der Waals surface area contributed by atoms with Gasteiger partial charge in [-0.3, -0.25) is 14.4 Å². The fraction of sp³-hybridized carbons (Fsp3) is 0.667. The van der Waals surface area contributed by atoms with Gasteiger partial charge in [0.2, 0.25) is 11.8 Å². The van der Waals surface area contributed by atoms with Crippen LogP contribution in [-0.4, -0.2) is 28.9 Å². The van der Waals surface area contributed by atoms with Crippen molar-refractivity contribution in [1.82, 2.24) is 5.32 Å². The van der Waals surface area contributed by atoms with E-state index in [1.807, 2.05) is 0 Å². The molecule has 0 saturated carbocycles. The van der Waals surface area contributed by atoms with Crippen molar-refractivity contribution in [2.45, 2.75) is 38.6 Å². The van der Waals surface area contributed by atoms with Crippen LogP contribution in [0.4, 0.5) is 0 Å². The molecule has 1 unspecified atom stereocenters. The Morgan fingerprint density at radius 1 is 1.27 bits per heavy atom. The number of carbonyl (C=O) groups excluding carboxylic acids is 2. The van der Waals surface area contributed by atoms with Crippen molar-refractivity contribution in [1.29, 1.82) is 0 Å². The molecule has 4 N–H and O–H groups in total. The number of hydrogen-bond acceptors (Lipinski definition) is 3. The Labute approximate surface area is 87.8 Å². The topological polar surface area (TPSA) is 109 Å². The average molecular weight is 216 g/mol. The normalized spacial score (nSPS) is 11.8. The Balaban J connectivity index is 3.58. The SMILES string of the molecule is CC(NC(=O)CCCCC(=O)O)C(N)=O. The second-order valence-electron chi connectivity index (χ2n) is 3.29. The third-order valence-electron chi connectivity index (χ3n) is 1.85. The summed E-state index contributed by atoms with van der Waals surface area (Å²) in [6.07, 6.45) is 1.21. The van der Waals surface area contributed by atoms with E-state index in [4.69, 9.17) is 10.8 Å². The number of rotatable bonds is 7. The molecule has 0 aliphatic rings. The van der Waals surface area contributed by atoms with Crippen LogP contribution in [0.25, 0.3) is 0 Å². The highest BCUT2D eigenvalue weighted by Crippen LogP contribution is 1.99. The van der Waals surface area contributed by atoms with Crippen molar-refractivity contribution in [3.63, 3.8) is 0 Å². The predicted molar refractivity (Wildman–Crippen MR) is 52.9 cm³/mol. The van der Waals surface area contributed by atoms with Gasteiger partial charge in [-0.25, -0.2) is 0 Å². The molecule has 1 atom stereocenters. The van der Waals surface area contributed by atoms with Crippen LogP contribution in [0.3, 0.4) is 0 Å². The third kappa shape index (κ3) is 7.48. The monoisotopic (exact) mass is 216 g/mol. The van der Waals surface area contributed by atoms with Crippen LogP contribution in [0.5, 0.6) is 0 Å². The number of primary amides is 1. The summed E-state index contributed by atoms with van der Waals surface area (Å²) in [5, 5.41) is 10.7. The van der Waals surface area contributed by atoms with Crippen LogP contribution >= 0.6 is 0 Å². The molecule has 0 bridgehead atoms. The molecule has 86 valence electrons. The molecule has 0 radical (unpaired) electrons. The summed E-state index contributed by atoms with van der Waals surface area (Å²) in [6, 6.07) is -0.683. The number of carbonyl (C=O) groups is 3. The fourth-order valence-corrected chi connectivity index (χ4v) is 0.947. The van der Waals surface area contributed by atoms with Crippen LogP contribution in [0.1, 0.15) is 32.6 Å². The Morgan fingerprint density at radius 3 is 2.27 bits per heavy atom. The van der Waals surface area contributed by atoms with Gasteiger partial charge in [0.05, 0.1) is 0 Å². The average Bonchev–Trinajstić information content (AvgIpc) is 2.12. The second kappa shape index (κ2) is 6.80. The first-order valence-corrected chi connectivity index (χ1v) is 4.74. The molecule has 0 rings (SSSR count). The van der Waals surface area contributed by atoms with E-state index in [2.05, 4.69) is 5.32 Å². The van der Waals surface area contributed by atoms with Gasteiger partial charge in [0.1, 0.15) is 6.04 Å². The third-order valence-corrected chi connectivity index (χ3v) is 1.85. The summed E-state index contributed by atoms with van der Waals surface area (Å²) < 4.78 is 0. The van der Waals surface area contributed by atoms with Gasteiger partial charge in [0.15, 0.2) is 0 Å². The first-order valence-electron chi connectivity index (χ1n) is 4.74. The lowest BCUT2D eigenvalue weighted by Crippen LogP contribution is -2.42. The minimum atomic E-state index is -0.874. The zero-order valence-corrected chi connectivity index (χ0v) is 8.66. The highest BCUT2D eigenvalue weighted by atomic mass is 16.4. The Hall–Kier alpha value is -1.59. The van der Waals surface area contributed by atoms with Crippen molar-refractivity contribution >= 4 is 17.8 Å². The quantitative estimate of drug-likeness (QED) is 0.504. The lowest BCUT2D eigenvalue weighted by Gasteiger charge is -2.09. The highest BCUT2D eigenvalue weighted by Gasteiger charge is 2.11. The van der Waals surface area contributed by atoms with Crippen LogP contribution in [0.2, 0.25) is 0 Å². The van der Waals surface area contributed by atoms with E-state index in [1.165, 1.54) is 6.92 Å². The molecule has 2 amide bonds. The van der Waals surface area contributed by atoms with Gasteiger partial charge in [0.25, 0.3) is 0 Å². The lowest BCUT2D eigenvalue weighted by atomic mass is 10.2. The summed E-state index contributed by atoms with van der Waals surface area (Å²) in [5.74, 6) is -1.75. The van der Waals surface area contributed by atoms with Gasteiger partial charge in [-0.05, 0) is 19.8 Å². The minimum Gasteiger partial charge on any atom is -0.481 e. The standard InChI is InChI=1S/C9H16N2O4/c1-6(9(10)15)11-7(12)4-2-3-5-8(13)14/h6H,2-5H2,1H3,(H2,10,15)(H,11,12)(H,13,14). The van der Waals surface area contributed by atoms with E-state index in [9.17, 15) is 14.4 Å². The van der Waals surface area contributed by atoms with E-state index in [1.54, 1.807) is 0 Å². The molecule has 0 heterocycles. The summed E-state index contributed by atoms with van der Waals surface area (Å²) in [5.41, 5.74) is 4.95. The Kier molecular flexibility index (Phi) is 6.08. The maximum absolute atomic E-state index is 11.1. The molecule has 0 saturated heterocycles. The number of carboxylic acid groups (broad SMARTS) is 1. The van der Waals surface area contributed by atoms with Crippen molar-refractivity contribution in [2.24, 2.45) is 5.73 Å². The van der Waals surface area contributed by atoms with E-state index < -0.39 is 17.9 Å². The second-order valence-corrected chi connectivity index (χ2v) is 3.29. The number of nitrogens with one attached hydrogen (secondary N) is 1. The van der Waals surface area contributed by atoms with E-state index in [0.717, 1.165) is 0 Å². The number of nitrogens with two attached hydrogens (primary N) is 1. The highest BCUT2D eigenvalue weighted by molar-refractivity contribution is 5.86. The first-order chi connectivity index (χ1) is 6.93. The van der Waals surface area contributed by atoms with Crippen molar-refractivity contribution in [3.8, 4) is 0 Å². The minimum absolute atomic E-state index is 0.0542. The van der Waals surface area contributed by atoms with E-state index >= 15 is 0 Å². The van der Waals surface area contributed by atoms with E-state index in [0.29, 0.717) is 12.8 Å². The van der Waals surface area contributed by atoms with Crippen LogP contribution in [0, 0.1) is 0 Å². The molecular weight excluding hydrogens is 200 g/mol. The molecular formula is C9H16N2O4.